The Hall–Kier alpha value is -3.41. The minimum absolute atomic E-state index is 0.175. The van der Waals surface area contributed by atoms with Gasteiger partial charge in [-0.3, -0.25) is 9.59 Å². The fourth-order valence-electron chi connectivity index (χ4n) is 2.29. The third kappa shape index (κ3) is 6.78. The first-order valence-corrected chi connectivity index (χ1v) is 8.47. The number of carbonyl (C=O) groups excluding carboxylic acids is 3. The zero-order valence-corrected chi connectivity index (χ0v) is 15.5. The Morgan fingerprint density at radius 1 is 1.00 bits per heavy atom. The third-order valence-corrected chi connectivity index (χ3v) is 3.59. The molecule has 6 heteroatoms. The number of rotatable bonds is 6. The number of esters is 1. The van der Waals surface area contributed by atoms with Crippen LogP contribution in [-0.4, -0.2) is 23.9 Å². The minimum Gasteiger partial charge on any atom is -0.449 e. The number of nitrogens with one attached hydrogen (secondary N) is 2. The van der Waals surface area contributed by atoms with Crippen molar-refractivity contribution in [2.75, 3.05) is 10.6 Å². The van der Waals surface area contributed by atoms with E-state index in [0.29, 0.717) is 11.4 Å². The second-order valence-electron chi connectivity index (χ2n) is 6.07. The van der Waals surface area contributed by atoms with Crippen LogP contribution in [0.15, 0.2) is 54.6 Å². The maximum absolute atomic E-state index is 12.1. The number of ether oxygens (including phenoxy) is 1. The lowest BCUT2D eigenvalue weighted by Crippen LogP contribution is -2.29. The molecule has 0 fully saturated rings. The molecular weight excluding hydrogens is 344 g/mol. The highest BCUT2D eigenvalue weighted by Crippen LogP contribution is 2.14. The average Bonchev–Trinajstić information content (AvgIpc) is 2.61. The molecule has 2 aromatic carbocycles. The number of aryl methyl sites for hydroxylation is 1. The molecule has 0 bridgehead atoms. The second kappa shape index (κ2) is 9.33. The van der Waals surface area contributed by atoms with Gasteiger partial charge in [-0.1, -0.05) is 29.8 Å². The van der Waals surface area contributed by atoms with Gasteiger partial charge >= 0.3 is 5.97 Å². The van der Waals surface area contributed by atoms with Crippen molar-refractivity contribution in [2.45, 2.75) is 26.9 Å². The summed E-state index contributed by atoms with van der Waals surface area (Å²) in [6.07, 6.45) is 1.98. The molecule has 0 aromatic heterocycles. The molecule has 1 atom stereocenters. The van der Waals surface area contributed by atoms with Gasteiger partial charge < -0.3 is 15.4 Å². The molecule has 6 nitrogen and oxygen atoms in total. The molecule has 27 heavy (non-hydrogen) atoms. The lowest BCUT2D eigenvalue weighted by Gasteiger charge is -2.12. The Morgan fingerprint density at radius 2 is 1.63 bits per heavy atom. The van der Waals surface area contributed by atoms with Gasteiger partial charge in [0.2, 0.25) is 5.91 Å². The Labute approximate surface area is 158 Å². The highest BCUT2D eigenvalue weighted by Gasteiger charge is 2.16. The van der Waals surface area contributed by atoms with Crippen LogP contribution in [-0.2, 0) is 19.1 Å². The number of hydrogen-bond donors (Lipinski definition) is 2. The SMILES string of the molecule is CC(=O)Nc1ccc(NC(=O)[C@@H](C)OC(=O)/C=C/c2cccc(C)c2)cc1. The maximum Gasteiger partial charge on any atom is 0.331 e. The van der Waals surface area contributed by atoms with Gasteiger partial charge in [0.25, 0.3) is 5.91 Å². The monoisotopic (exact) mass is 366 g/mol. The molecule has 0 saturated carbocycles. The number of benzene rings is 2. The largest absolute Gasteiger partial charge is 0.449 e. The summed E-state index contributed by atoms with van der Waals surface area (Å²) in [7, 11) is 0. The van der Waals surface area contributed by atoms with Crippen LogP contribution in [0.5, 0.6) is 0 Å². The van der Waals surface area contributed by atoms with Crippen LogP contribution in [0, 0.1) is 6.92 Å². The van der Waals surface area contributed by atoms with Gasteiger partial charge in [0.05, 0.1) is 0 Å². The quantitative estimate of drug-likeness (QED) is 0.605. The van der Waals surface area contributed by atoms with Crippen LogP contribution in [0.3, 0.4) is 0 Å². The molecule has 0 unspecified atom stereocenters. The lowest BCUT2D eigenvalue weighted by atomic mass is 10.1. The summed E-state index contributed by atoms with van der Waals surface area (Å²) < 4.78 is 5.12. The van der Waals surface area contributed by atoms with Crippen molar-refractivity contribution in [1.82, 2.24) is 0 Å². The smallest absolute Gasteiger partial charge is 0.331 e. The van der Waals surface area contributed by atoms with Crippen molar-refractivity contribution >= 4 is 35.2 Å². The number of amides is 2. The van der Waals surface area contributed by atoms with Gasteiger partial charge in [0.1, 0.15) is 0 Å². The molecule has 2 N–H and O–H groups in total. The van der Waals surface area contributed by atoms with E-state index in [0.717, 1.165) is 11.1 Å². The van der Waals surface area contributed by atoms with E-state index in [-0.39, 0.29) is 5.91 Å². The highest BCUT2D eigenvalue weighted by atomic mass is 16.5. The van der Waals surface area contributed by atoms with Crippen molar-refractivity contribution in [3.05, 3.63) is 65.7 Å². The van der Waals surface area contributed by atoms with E-state index in [4.69, 9.17) is 4.74 Å². The Balaban J connectivity index is 1.87. The Morgan fingerprint density at radius 3 is 2.22 bits per heavy atom. The average molecular weight is 366 g/mol. The molecule has 0 saturated heterocycles. The molecule has 0 spiro atoms. The molecule has 2 rings (SSSR count). The van der Waals surface area contributed by atoms with Crippen molar-refractivity contribution in [2.24, 2.45) is 0 Å². The highest BCUT2D eigenvalue weighted by molar-refractivity contribution is 5.97. The zero-order valence-electron chi connectivity index (χ0n) is 15.5. The molecule has 2 aromatic rings. The van der Waals surface area contributed by atoms with E-state index >= 15 is 0 Å². The fourth-order valence-corrected chi connectivity index (χ4v) is 2.29. The predicted octanol–water partition coefficient (Wildman–Crippen LogP) is 3.54. The first-order chi connectivity index (χ1) is 12.8. The van der Waals surface area contributed by atoms with Crippen LogP contribution in [0.25, 0.3) is 6.08 Å². The van der Waals surface area contributed by atoms with Gasteiger partial charge in [0, 0.05) is 24.4 Å². The number of carbonyl (C=O) groups is 3. The van der Waals surface area contributed by atoms with Gasteiger partial charge in [-0.05, 0) is 49.8 Å². The van der Waals surface area contributed by atoms with Crippen molar-refractivity contribution in [3.63, 3.8) is 0 Å². The fraction of sp³-hybridized carbons (Fsp3) is 0.190. The summed E-state index contributed by atoms with van der Waals surface area (Å²) >= 11 is 0. The summed E-state index contributed by atoms with van der Waals surface area (Å²) in [5.41, 5.74) is 3.12. The van der Waals surface area contributed by atoms with E-state index in [2.05, 4.69) is 10.6 Å². The Bertz CT molecular complexity index is 857. The third-order valence-electron chi connectivity index (χ3n) is 3.59. The molecule has 0 aliphatic carbocycles. The first-order valence-electron chi connectivity index (χ1n) is 8.47. The van der Waals surface area contributed by atoms with Crippen molar-refractivity contribution in [3.8, 4) is 0 Å². The molecule has 0 aliphatic rings. The maximum atomic E-state index is 12.1. The van der Waals surface area contributed by atoms with E-state index in [9.17, 15) is 14.4 Å². The molecule has 0 aliphatic heterocycles. The van der Waals surface area contributed by atoms with Crippen LogP contribution < -0.4 is 10.6 Å². The topological polar surface area (TPSA) is 84.5 Å². The summed E-state index contributed by atoms with van der Waals surface area (Å²) in [6.45, 7) is 4.88. The normalized spacial score (nSPS) is 11.7. The number of anilines is 2. The molecule has 140 valence electrons. The Kier molecular flexibility index (Phi) is 6.88. The summed E-state index contributed by atoms with van der Waals surface area (Å²) in [5.74, 6) is -1.22. The predicted molar refractivity (Wildman–Crippen MR) is 105 cm³/mol. The standard InChI is InChI=1S/C21H22N2O4/c1-14-5-4-6-17(13-14)7-12-20(25)27-15(2)21(26)23-19-10-8-18(9-11-19)22-16(3)24/h4-13,15H,1-3H3,(H,22,24)(H,23,26)/b12-7+/t15-/m1/s1. The van der Waals surface area contributed by atoms with E-state index in [1.807, 2.05) is 31.2 Å². The van der Waals surface area contributed by atoms with Crippen molar-refractivity contribution < 1.29 is 19.1 Å². The van der Waals surface area contributed by atoms with E-state index in [1.165, 1.54) is 19.9 Å². The van der Waals surface area contributed by atoms with Crippen LogP contribution in [0.4, 0.5) is 11.4 Å². The van der Waals surface area contributed by atoms with Gasteiger partial charge in [0.15, 0.2) is 6.10 Å². The van der Waals surface area contributed by atoms with Crippen LogP contribution in [0.2, 0.25) is 0 Å². The number of hydrogen-bond acceptors (Lipinski definition) is 4. The summed E-state index contributed by atoms with van der Waals surface area (Å²) in [5, 5.41) is 5.29. The van der Waals surface area contributed by atoms with Gasteiger partial charge in [-0.25, -0.2) is 4.79 Å². The lowest BCUT2D eigenvalue weighted by molar-refractivity contribution is -0.148. The zero-order chi connectivity index (χ0) is 19.8. The molecule has 0 heterocycles. The molecule has 2 amide bonds. The molecular formula is C21H22N2O4. The van der Waals surface area contributed by atoms with Gasteiger partial charge in [-0.2, -0.15) is 0 Å². The summed E-state index contributed by atoms with van der Waals surface area (Å²) in [6, 6.07) is 14.3. The minimum atomic E-state index is -0.949. The second-order valence-corrected chi connectivity index (χ2v) is 6.07. The first kappa shape index (κ1) is 19.9. The van der Waals surface area contributed by atoms with Crippen molar-refractivity contribution in [1.29, 1.82) is 0 Å². The van der Waals surface area contributed by atoms with Gasteiger partial charge in [-0.15, -0.1) is 0 Å². The van der Waals surface area contributed by atoms with E-state index in [1.54, 1.807) is 30.3 Å². The van der Waals surface area contributed by atoms with E-state index < -0.39 is 18.0 Å². The summed E-state index contributed by atoms with van der Waals surface area (Å²) in [4.78, 5) is 35.0. The van der Waals surface area contributed by atoms with Crippen LogP contribution in [0.1, 0.15) is 25.0 Å². The van der Waals surface area contributed by atoms with Crippen LogP contribution >= 0.6 is 0 Å². The molecule has 0 radical (unpaired) electrons.